The van der Waals surface area contributed by atoms with Crippen molar-refractivity contribution in [2.75, 3.05) is 19.5 Å². The lowest BCUT2D eigenvalue weighted by Crippen LogP contribution is -2.43. The molecule has 2 rings (SSSR count). The van der Waals surface area contributed by atoms with Crippen molar-refractivity contribution < 1.29 is 18.7 Å². The molecule has 0 heterocycles. The Morgan fingerprint density at radius 1 is 1.12 bits per heavy atom. The molecule has 6 nitrogen and oxygen atoms in total. The van der Waals surface area contributed by atoms with E-state index < -0.39 is 5.91 Å². The van der Waals surface area contributed by atoms with Gasteiger partial charge in [0.1, 0.15) is 5.82 Å². The van der Waals surface area contributed by atoms with Gasteiger partial charge in [0.15, 0.2) is 16.6 Å². The van der Waals surface area contributed by atoms with Crippen LogP contribution < -0.4 is 25.6 Å². The molecule has 0 unspecified atom stereocenters. The smallest absolute Gasteiger partial charge is 0.269 e. The molecule has 0 atom stereocenters. The van der Waals surface area contributed by atoms with Gasteiger partial charge < -0.3 is 14.8 Å². The van der Waals surface area contributed by atoms with E-state index in [1.165, 1.54) is 50.6 Å². The number of hydrogen-bond acceptors (Lipinski definition) is 4. The van der Waals surface area contributed by atoms with Gasteiger partial charge >= 0.3 is 0 Å². The van der Waals surface area contributed by atoms with E-state index >= 15 is 0 Å². The number of halogens is 2. The van der Waals surface area contributed by atoms with Gasteiger partial charge in [-0.05, 0) is 48.6 Å². The molecule has 0 spiro atoms. The number of amides is 1. The minimum absolute atomic E-state index is 0.131. The lowest BCUT2D eigenvalue weighted by molar-refractivity contribution is 0.0943. The first-order valence-corrected chi connectivity index (χ1v) is 7.77. The minimum atomic E-state index is -0.480. The first kappa shape index (κ1) is 18.8. The highest BCUT2D eigenvalue weighted by Gasteiger charge is 2.15. The van der Waals surface area contributed by atoms with Crippen molar-refractivity contribution in [3.8, 4) is 11.5 Å². The summed E-state index contributed by atoms with van der Waals surface area (Å²) in [5.74, 6) is -0.177. The Kier molecular flexibility index (Phi) is 6.37. The first-order chi connectivity index (χ1) is 11.9. The molecule has 3 N–H and O–H groups in total. The highest BCUT2D eigenvalue weighted by Crippen LogP contribution is 2.35. The molecule has 0 aliphatic carbocycles. The number of carbonyl (C=O) groups excluding carboxylic acids is 1. The Bertz CT molecular complexity index is 787. The summed E-state index contributed by atoms with van der Waals surface area (Å²) in [5, 5.41) is 3.16. The van der Waals surface area contributed by atoms with Crippen molar-refractivity contribution in [2.24, 2.45) is 0 Å². The summed E-state index contributed by atoms with van der Waals surface area (Å²) in [5.41, 5.74) is 5.79. The highest BCUT2D eigenvalue weighted by atomic mass is 35.5. The molecule has 9 heteroatoms. The summed E-state index contributed by atoms with van der Waals surface area (Å²) in [6, 6.07) is 8.53. The quantitative estimate of drug-likeness (QED) is 0.556. The number of nitrogens with one attached hydrogen (secondary N) is 3. The fourth-order valence-corrected chi connectivity index (χ4v) is 2.39. The van der Waals surface area contributed by atoms with Gasteiger partial charge in [-0.15, -0.1) is 0 Å². The van der Waals surface area contributed by atoms with Crippen molar-refractivity contribution in [1.82, 2.24) is 10.9 Å². The molecule has 0 saturated heterocycles. The average molecular weight is 384 g/mol. The maximum Gasteiger partial charge on any atom is 0.269 e. The van der Waals surface area contributed by atoms with Crippen molar-refractivity contribution in [3.05, 3.63) is 52.8 Å². The molecule has 132 valence electrons. The second kappa shape index (κ2) is 8.50. The Morgan fingerprint density at radius 3 is 2.40 bits per heavy atom. The lowest BCUT2D eigenvalue weighted by Gasteiger charge is -2.14. The number of rotatable bonds is 4. The average Bonchev–Trinajstić information content (AvgIpc) is 2.60. The molecule has 0 saturated carbocycles. The minimum Gasteiger partial charge on any atom is -0.493 e. The molecular weight excluding hydrogens is 369 g/mol. The molecule has 1 amide bonds. The summed E-state index contributed by atoms with van der Waals surface area (Å²) in [7, 11) is 2.89. The molecule has 2 aromatic carbocycles. The predicted octanol–water partition coefficient (Wildman–Crippen LogP) is 3.13. The van der Waals surface area contributed by atoms with E-state index in [-0.39, 0.29) is 21.5 Å². The van der Waals surface area contributed by atoms with Gasteiger partial charge in [0.25, 0.3) is 5.91 Å². The largest absolute Gasteiger partial charge is 0.493 e. The molecule has 0 aromatic heterocycles. The Balaban J connectivity index is 1.99. The van der Waals surface area contributed by atoms with Crippen LogP contribution in [0.2, 0.25) is 5.02 Å². The zero-order valence-electron chi connectivity index (χ0n) is 13.4. The van der Waals surface area contributed by atoms with Gasteiger partial charge in [-0.25, -0.2) is 4.39 Å². The van der Waals surface area contributed by atoms with Gasteiger partial charge in [-0.1, -0.05) is 11.6 Å². The summed E-state index contributed by atoms with van der Waals surface area (Å²) >= 11 is 11.1. The molecule has 25 heavy (non-hydrogen) atoms. The molecule has 0 bridgehead atoms. The number of hydrazine groups is 1. The highest BCUT2D eigenvalue weighted by molar-refractivity contribution is 7.80. The van der Waals surface area contributed by atoms with Gasteiger partial charge in [-0.2, -0.15) is 0 Å². The maximum atomic E-state index is 12.9. The Morgan fingerprint density at radius 2 is 1.80 bits per heavy atom. The van der Waals surface area contributed by atoms with Crippen molar-refractivity contribution in [1.29, 1.82) is 0 Å². The van der Waals surface area contributed by atoms with Crippen LogP contribution in [0.25, 0.3) is 0 Å². The Labute approximate surface area is 154 Å². The van der Waals surface area contributed by atoms with Crippen LogP contribution in [0, 0.1) is 5.82 Å². The number of thiocarbonyl (C=S) groups is 1. The summed E-state index contributed by atoms with van der Waals surface area (Å²) in [4.78, 5) is 12.2. The monoisotopic (exact) mass is 383 g/mol. The van der Waals surface area contributed by atoms with Crippen molar-refractivity contribution in [3.63, 3.8) is 0 Å². The second-order valence-corrected chi connectivity index (χ2v) is 5.55. The maximum absolute atomic E-state index is 12.9. The van der Waals surface area contributed by atoms with E-state index in [0.29, 0.717) is 17.2 Å². The number of ether oxygens (including phenoxy) is 2. The van der Waals surface area contributed by atoms with Gasteiger partial charge in [0.05, 0.1) is 19.2 Å². The standard InChI is InChI=1S/C16H15ClFN3O3S/c1-23-13-8-9(7-12(17)14(13)24-2)15(22)20-21-16(25)19-11-5-3-10(18)4-6-11/h3-8H,1-2H3,(H,20,22)(H2,19,21,25). The third kappa shape index (κ3) is 4.94. The van der Waals surface area contributed by atoms with Gasteiger partial charge in [0.2, 0.25) is 0 Å². The molecule has 0 aliphatic heterocycles. The molecule has 2 aromatic rings. The molecule has 0 aliphatic rings. The fraction of sp³-hybridized carbons (Fsp3) is 0.125. The number of anilines is 1. The first-order valence-electron chi connectivity index (χ1n) is 6.99. The van der Waals surface area contributed by atoms with Gasteiger partial charge in [-0.3, -0.25) is 15.6 Å². The van der Waals surface area contributed by atoms with E-state index in [1.807, 2.05) is 0 Å². The fourth-order valence-electron chi connectivity index (χ4n) is 1.93. The van der Waals surface area contributed by atoms with Crippen molar-refractivity contribution in [2.45, 2.75) is 0 Å². The van der Waals surface area contributed by atoms with Gasteiger partial charge in [0, 0.05) is 11.3 Å². The van der Waals surface area contributed by atoms with E-state index in [0.717, 1.165) is 0 Å². The summed E-state index contributed by atoms with van der Waals surface area (Å²) in [6.45, 7) is 0. The van der Waals surface area contributed by atoms with E-state index in [1.54, 1.807) is 0 Å². The molecule has 0 fully saturated rings. The van der Waals surface area contributed by atoms with Crippen LogP contribution in [0.4, 0.5) is 10.1 Å². The third-order valence-electron chi connectivity index (χ3n) is 3.09. The van der Waals surface area contributed by atoms with Crippen LogP contribution in [0.15, 0.2) is 36.4 Å². The number of carbonyl (C=O) groups is 1. The second-order valence-electron chi connectivity index (χ2n) is 4.73. The van der Waals surface area contributed by atoms with E-state index in [2.05, 4.69) is 16.2 Å². The van der Waals surface area contributed by atoms with Crippen LogP contribution in [0.3, 0.4) is 0 Å². The SMILES string of the molecule is COc1cc(C(=O)NNC(=S)Nc2ccc(F)cc2)cc(Cl)c1OC. The zero-order valence-corrected chi connectivity index (χ0v) is 14.9. The van der Waals surface area contributed by atoms with E-state index in [9.17, 15) is 9.18 Å². The summed E-state index contributed by atoms with van der Waals surface area (Å²) in [6.07, 6.45) is 0. The normalized spacial score (nSPS) is 9.92. The lowest BCUT2D eigenvalue weighted by atomic mass is 10.2. The predicted molar refractivity (Wildman–Crippen MR) is 97.8 cm³/mol. The van der Waals surface area contributed by atoms with Crippen LogP contribution >= 0.6 is 23.8 Å². The molecular formula is C16H15ClFN3O3S. The van der Waals surface area contributed by atoms with Crippen LogP contribution in [-0.2, 0) is 0 Å². The summed E-state index contributed by atoms with van der Waals surface area (Å²) < 4.78 is 23.1. The van der Waals surface area contributed by atoms with Crippen molar-refractivity contribution >= 4 is 40.5 Å². The van der Waals surface area contributed by atoms with Crippen LogP contribution in [-0.4, -0.2) is 25.2 Å². The topological polar surface area (TPSA) is 71.6 Å². The molecule has 0 radical (unpaired) electrons. The third-order valence-corrected chi connectivity index (χ3v) is 3.57. The Hall–Kier alpha value is -2.58. The number of benzene rings is 2. The zero-order chi connectivity index (χ0) is 18.4. The number of methoxy groups -OCH3 is 2. The van der Waals surface area contributed by atoms with E-state index in [4.69, 9.17) is 33.3 Å². The van der Waals surface area contributed by atoms with Crippen LogP contribution in [0.1, 0.15) is 10.4 Å². The van der Waals surface area contributed by atoms with Crippen LogP contribution in [0.5, 0.6) is 11.5 Å². The number of hydrogen-bond donors (Lipinski definition) is 3.